The van der Waals surface area contributed by atoms with Crippen LogP contribution in [0.3, 0.4) is 0 Å². The fourth-order valence-corrected chi connectivity index (χ4v) is 3.46. The zero-order valence-electron chi connectivity index (χ0n) is 19.0. The molecule has 1 N–H and O–H groups in total. The Morgan fingerprint density at radius 2 is 2.03 bits per heavy atom. The van der Waals surface area contributed by atoms with Crippen LogP contribution in [-0.2, 0) is 22.7 Å². The number of rotatable bonds is 9. The van der Waals surface area contributed by atoms with E-state index in [0.29, 0.717) is 30.7 Å². The number of halogens is 1. The molecule has 0 radical (unpaired) electrons. The summed E-state index contributed by atoms with van der Waals surface area (Å²) in [4.78, 5) is 42.6. The number of benzene rings is 1. The Bertz CT molecular complexity index is 1240. The summed E-state index contributed by atoms with van der Waals surface area (Å²) < 4.78 is 17.0. The van der Waals surface area contributed by atoms with Gasteiger partial charge in [0, 0.05) is 39.3 Å². The molecule has 0 saturated heterocycles. The second-order valence-corrected chi connectivity index (χ2v) is 7.84. The van der Waals surface area contributed by atoms with Crippen molar-refractivity contribution in [2.24, 2.45) is 0 Å². The molecular formula is C24H28FN5O3. The minimum atomic E-state index is -0.364. The predicted octanol–water partition coefficient (Wildman–Crippen LogP) is 3.16. The topological polar surface area (TPSA) is 89.2 Å². The van der Waals surface area contributed by atoms with Crippen molar-refractivity contribution in [1.82, 2.24) is 19.0 Å². The van der Waals surface area contributed by atoms with Crippen molar-refractivity contribution in [1.29, 1.82) is 0 Å². The van der Waals surface area contributed by atoms with E-state index in [1.165, 1.54) is 27.7 Å². The Balaban J connectivity index is 1.66. The van der Waals surface area contributed by atoms with Crippen molar-refractivity contribution in [3.8, 4) is 0 Å². The molecule has 174 valence electrons. The summed E-state index contributed by atoms with van der Waals surface area (Å²) >= 11 is 0. The number of allylic oxidation sites excluding steroid dienone is 1. The number of aryl methyl sites for hydroxylation is 1. The van der Waals surface area contributed by atoms with E-state index in [4.69, 9.17) is 0 Å². The predicted molar refractivity (Wildman–Crippen MR) is 125 cm³/mol. The largest absolute Gasteiger partial charge is 0.345 e. The SMILES string of the molecule is CCn1c(Cn2cccc(NC(=O)CCC/C=C/C(=O)N(C)C)c2=O)nc2cc(F)ccc21. The van der Waals surface area contributed by atoms with Gasteiger partial charge < -0.3 is 19.4 Å². The smallest absolute Gasteiger partial charge is 0.274 e. The van der Waals surface area contributed by atoms with Crippen LogP contribution < -0.4 is 10.9 Å². The molecule has 0 aliphatic heterocycles. The zero-order valence-corrected chi connectivity index (χ0v) is 19.0. The van der Waals surface area contributed by atoms with E-state index < -0.39 is 0 Å². The third kappa shape index (κ3) is 5.94. The van der Waals surface area contributed by atoms with Crippen LogP contribution in [0.2, 0.25) is 0 Å². The van der Waals surface area contributed by atoms with Gasteiger partial charge in [-0.15, -0.1) is 0 Å². The molecule has 0 aliphatic rings. The summed E-state index contributed by atoms with van der Waals surface area (Å²) in [6.45, 7) is 2.77. The van der Waals surface area contributed by atoms with Gasteiger partial charge in [-0.3, -0.25) is 14.4 Å². The van der Waals surface area contributed by atoms with Gasteiger partial charge in [-0.05, 0) is 50.1 Å². The molecule has 1 aromatic carbocycles. The van der Waals surface area contributed by atoms with E-state index in [1.807, 2.05) is 11.5 Å². The van der Waals surface area contributed by atoms with Crippen LogP contribution in [0.1, 0.15) is 32.0 Å². The van der Waals surface area contributed by atoms with Gasteiger partial charge >= 0.3 is 0 Å². The molecule has 0 aliphatic carbocycles. The van der Waals surface area contributed by atoms with Crippen molar-refractivity contribution in [3.63, 3.8) is 0 Å². The Labute approximate surface area is 191 Å². The van der Waals surface area contributed by atoms with E-state index in [2.05, 4.69) is 10.3 Å². The van der Waals surface area contributed by atoms with Crippen LogP contribution in [0.5, 0.6) is 0 Å². The molecule has 0 spiro atoms. The quantitative estimate of drug-likeness (QED) is 0.398. The van der Waals surface area contributed by atoms with Gasteiger partial charge in [0.15, 0.2) is 0 Å². The second kappa shape index (κ2) is 10.7. The first-order valence-electron chi connectivity index (χ1n) is 10.8. The number of carbonyl (C=O) groups is 2. The number of pyridine rings is 1. The summed E-state index contributed by atoms with van der Waals surface area (Å²) in [5, 5.41) is 2.67. The number of unbranched alkanes of at least 4 members (excludes halogenated alkanes) is 1. The summed E-state index contributed by atoms with van der Waals surface area (Å²) in [6.07, 6.45) is 6.21. The number of fused-ring (bicyclic) bond motifs is 1. The van der Waals surface area contributed by atoms with Crippen LogP contribution in [0.15, 0.2) is 53.5 Å². The van der Waals surface area contributed by atoms with Crippen molar-refractivity contribution in [3.05, 3.63) is 70.7 Å². The van der Waals surface area contributed by atoms with E-state index in [9.17, 15) is 18.8 Å². The van der Waals surface area contributed by atoms with Gasteiger partial charge in [-0.2, -0.15) is 0 Å². The highest BCUT2D eigenvalue weighted by molar-refractivity contribution is 5.90. The molecule has 33 heavy (non-hydrogen) atoms. The Morgan fingerprint density at radius 1 is 1.24 bits per heavy atom. The van der Waals surface area contributed by atoms with E-state index >= 15 is 0 Å². The highest BCUT2D eigenvalue weighted by Crippen LogP contribution is 2.18. The Hall–Kier alpha value is -3.75. The molecule has 2 heterocycles. The average molecular weight is 454 g/mol. The molecule has 0 saturated carbocycles. The highest BCUT2D eigenvalue weighted by Gasteiger charge is 2.13. The molecule has 0 unspecified atom stereocenters. The molecule has 3 aromatic rings. The van der Waals surface area contributed by atoms with Crippen molar-refractivity contribution >= 4 is 28.5 Å². The number of hydrogen-bond acceptors (Lipinski definition) is 4. The summed E-state index contributed by atoms with van der Waals surface area (Å²) in [5.41, 5.74) is 1.17. The number of amides is 2. The number of carbonyl (C=O) groups excluding carboxylic acids is 2. The van der Waals surface area contributed by atoms with Crippen molar-refractivity contribution in [2.45, 2.75) is 39.3 Å². The third-order valence-electron chi connectivity index (χ3n) is 5.19. The maximum absolute atomic E-state index is 13.6. The van der Waals surface area contributed by atoms with Gasteiger partial charge in [0.2, 0.25) is 11.8 Å². The van der Waals surface area contributed by atoms with Crippen molar-refractivity contribution < 1.29 is 14.0 Å². The number of hydrogen-bond donors (Lipinski definition) is 1. The molecular weight excluding hydrogens is 425 g/mol. The lowest BCUT2D eigenvalue weighted by molar-refractivity contribution is -0.123. The molecule has 0 fully saturated rings. The fraction of sp³-hybridized carbons (Fsp3) is 0.333. The first kappa shape index (κ1) is 23.9. The second-order valence-electron chi connectivity index (χ2n) is 7.84. The number of imidazole rings is 1. The molecule has 8 nitrogen and oxygen atoms in total. The van der Waals surface area contributed by atoms with Crippen LogP contribution >= 0.6 is 0 Å². The zero-order chi connectivity index (χ0) is 24.0. The summed E-state index contributed by atoms with van der Waals surface area (Å²) in [5.74, 6) is -0.112. The maximum atomic E-state index is 13.6. The Kier molecular flexibility index (Phi) is 7.76. The van der Waals surface area contributed by atoms with Gasteiger partial charge in [0.1, 0.15) is 17.3 Å². The lowest BCUT2D eigenvalue weighted by atomic mass is 10.2. The lowest BCUT2D eigenvalue weighted by Crippen LogP contribution is -2.26. The molecule has 0 atom stereocenters. The fourth-order valence-electron chi connectivity index (χ4n) is 3.46. The summed E-state index contributed by atoms with van der Waals surface area (Å²) in [7, 11) is 3.34. The minimum Gasteiger partial charge on any atom is -0.345 e. The molecule has 3 rings (SSSR count). The first-order valence-corrected chi connectivity index (χ1v) is 10.8. The first-order chi connectivity index (χ1) is 15.8. The van der Waals surface area contributed by atoms with Gasteiger partial charge in [-0.25, -0.2) is 9.37 Å². The normalized spacial score (nSPS) is 11.3. The number of likely N-dealkylation sites (N-methyl/N-ethyl adjacent to an activating group) is 1. The van der Waals surface area contributed by atoms with Gasteiger partial charge in [0.25, 0.3) is 5.56 Å². The minimum absolute atomic E-state index is 0.106. The van der Waals surface area contributed by atoms with Crippen molar-refractivity contribution in [2.75, 3.05) is 19.4 Å². The highest BCUT2D eigenvalue weighted by atomic mass is 19.1. The van der Waals surface area contributed by atoms with E-state index in [1.54, 1.807) is 44.6 Å². The molecule has 9 heteroatoms. The molecule has 2 amide bonds. The molecule has 0 bridgehead atoms. The van der Waals surface area contributed by atoms with Crippen LogP contribution in [0, 0.1) is 5.82 Å². The monoisotopic (exact) mass is 453 g/mol. The molecule has 2 aromatic heterocycles. The number of nitrogens with zero attached hydrogens (tertiary/aromatic N) is 4. The van der Waals surface area contributed by atoms with Crippen LogP contribution in [-0.4, -0.2) is 44.9 Å². The maximum Gasteiger partial charge on any atom is 0.274 e. The van der Waals surface area contributed by atoms with E-state index in [0.717, 1.165) is 5.52 Å². The van der Waals surface area contributed by atoms with Crippen LogP contribution in [0.25, 0.3) is 11.0 Å². The van der Waals surface area contributed by atoms with Gasteiger partial charge in [-0.1, -0.05) is 6.08 Å². The van der Waals surface area contributed by atoms with Gasteiger partial charge in [0.05, 0.1) is 17.6 Å². The average Bonchev–Trinajstić information content (AvgIpc) is 3.11. The number of aromatic nitrogens is 3. The van der Waals surface area contributed by atoms with E-state index in [-0.39, 0.29) is 41.8 Å². The Morgan fingerprint density at radius 3 is 2.76 bits per heavy atom. The number of nitrogens with one attached hydrogen (secondary N) is 1. The standard InChI is InChI=1S/C24H28FN5O3/c1-4-30-20-13-12-17(25)15-19(20)26-21(30)16-29-14-8-9-18(24(29)33)27-22(31)10-6-5-7-11-23(32)28(2)3/h7-9,11-15H,4-6,10,16H2,1-3H3,(H,27,31)/b11-7+. The lowest BCUT2D eigenvalue weighted by Gasteiger charge is -2.10. The number of anilines is 1. The third-order valence-corrected chi connectivity index (χ3v) is 5.19. The van der Waals surface area contributed by atoms with Crippen LogP contribution in [0.4, 0.5) is 10.1 Å². The summed E-state index contributed by atoms with van der Waals surface area (Å²) in [6, 6.07) is 7.68.